The van der Waals surface area contributed by atoms with Crippen LogP contribution in [0.3, 0.4) is 0 Å². The van der Waals surface area contributed by atoms with E-state index in [1.165, 1.54) is 18.3 Å². The Morgan fingerprint density at radius 3 is 2.65 bits per heavy atom. The van der Waals surface area contributed by atoms with Crippen molar-refractivity contribution < 1.29 is 17.9 Å². The molecule has 0 saturated carbocycles. The number of hydrogen-bond donors (Lipinski definition) is 1. The third-order valence-corrected chi connectivity index (χ3v) is 3.15. The highest BCUT2D eigenvalue weighted by molar-refractivity contribution is 6.32. The summed E-state index contributed by atoms with van der Waals surface area (Å²) in [5, 5.41) is 4.35. The molecule has 0 amide bonds. The molecule has 2 aromatic rings. The summed E-state index contributed by atoms with van der Waals surface area (Å²) in [6, 6.07) is 9.91. The molecule has 0 saturated heterocycles. The summed E-state index contributed by atoms with van der Waals surface area (Å²) in [5.74, 6) is 0.567. The highest BCUT2D eigenvalue weighted by atomic mass is 35.5. The molecule has 0 unspecified atom stereocenters. The van der Waals surface area contributed by atoms with Crippen LogP contribution in [0.4, 0.5) is 18.9 Å². The van der Waals surface area contributed by atoms with Crippen molar-refractivity contribution >= 4 is 23.5 Å². The zero-order valence-electron chi connectivity index (χ0n) is 12.2. The number of nitrogens with one attached hydrogen (secondary N) is 1. The Bertz CT molecular complexity index is 702. The van der Waals surface area contributed by atoms with Gasteiger partial charge in [-0.2, -0.15) is 18.3 Å². The molecular weight excluding hydrogens is 329 g/mol. The Morgan fingerprint density at radius 1 is 1.22 bits per heavy atom. The summed E-state index contributed by atoms with van der Waals surface area (Å²) in [4.78, 5) is 0. The number of rotatable bonds is 5. The molecule has 122 valence electrons. The van der Waals surface area contributed by atoms with E-state index in [9.17, 15) is 13.2 Å². The summed E-state index contributed by atoms with van der Waals surface area (Å²) < 4.78 is 43.1. The predicted molar refractivity (Wildman–Crippen MR) is 85.3 cm³/mol. The van der Waals surface area contributed by atoms with Crippen molar-refractivity contribution in [3.8, 4) is 5.75 Å². The zero-order chi connectivity index (χ0) is 16.9. The van der Waals surface area contributed by atoms with Gasteiger partial charge in [0.05, 0.1) is 29.1 Å². The van der Waals surface area contributed by atoms with Crippen LogP contribution >= 0.6 is 11.6 Å². The van der Waals surface area contributed by atoms with Gasteiger partial charge >= 0.3 is 6.18 Å². The maximum atomic E-state index is 12.6. The molecule has 23 heavy (non-hydrogen) atoms. The third-order valence-electron chi connectivity index (χ3n) is 2.85. The minimum Gasteiger partial charge on any atom is -0.492 e. The van der Waals surface area contributed by atoms with Crippen molar-refractivity contribution in [3.63, 3.8) is 0 Å². The minimum atomic E-state index is -4.38. The van der Waals surface area contributed by atoms with Crippen LogP contribution in [-0.2, 0) is 6.18 Å². The fourth-order valence-corrected chi connectivity index (χ4v) is 2.06. The lowest BCUT2D eigenvalue weighted by atomic mass is 10.2. The molecule has 2 rings (SSSR count). The maximum Gasteiger partial charge on any atom is 0.416 e. The van der Waals surface area contributed by atoms with Crippen LogP contribution in [-0.4, -0.2) is 12.8 Å². The lowest BCUT2D eigenvalue weighted by molar-refractivity contribution is -0.137. The number of hydrogen-bond acceptors (Lipinski definition) is 3. The van der Waals surface area contributed by atoms with E-state index in [2.05, 4.69) is 10.5 Å². The van der Waals surface area contributed by atoms with E-state index in [1.807, 2.05) is 6.92 Å². The highest BCUT2D eigenvalue weighted by Crippen LogP contribution is 2.30. The summed E-state index contributed by atoms with van der Waals surface area (Å²) in [7, 11) is 0. The molecule has 0 bridgehead atoms. The van der Waals surface area contributed by atoms with Gasteiger partial charge < -0.3 is 4.74 Å². The van der Waals surface area contributed by atoms with Gasteiger partial charge in [0.1, 0.15) is 5.75 Å². The van der Waals surface area contributed by atoms with Gasteiger partial charge in [-0.1, -0.05) is 17.7 Å². The van der Waals surface area contributed by atoms with E-state index in [-0.39, 0.29) is 5.69 Å². The molecule has 0 aromatic heterocycles. The van der Waals surface area contributed by atoms with Crippen molar-refractivity contribution in [3.05, 3.63) is 58.6 Å². The van der Waals surface area contributed by atoms with Gasteiger partial charge in [0.25, 0.3) is 0 Å². The van der Waals surface area contributed by atoms with Crippen molar-refractivity contribution in [1.82, 2.24) is 0 Å². The molecule has 0 aliphatic heterocycles. The zero-order valence-corrected chi connectivity index (χ0v) is 12.9. The van der Waals surface area contributed by atoms with Crippen LogP contribution in [0, 0.1) is 0 Å². The topological polar surface area (TPSA) is 33.6 Å². The van der Waals surface area contributed by atoms with Crippen molar-refractivity contribution in [2.75, 3.05) is 12.0 Å². The second-order valence-electron chi connectivity index (χ2n) is 4.57. The average molecular weight is 343 g/mol. The van der Waals surface area contributed by atoms with Gasteiger partial charge in [-0.05, 0) is 48.9 Å². The number of halogens is 4. The molecule has 0 atom stereocenters. The molecule has 2 aromatic carbocycles. The Labute approximate surface area is 136 Å². The Morgan fingerprint density at radius 2 is 2.00 bits per heavy atom. The first-order valence-corrected chi connectivity index (χ1v) is 7.16. The first-order chi connectivity index (χ1) is 10.9. The first-order valence-electron chi connectivity index (χ1n) is 6.79. The quantitative estimate of drug-likeness (QED) is 0.598. The lowest BCUT2D eigenvalue weighted by Crippen LogP contribution is -2.05. The first kappa shape index (κ1) is 17.1. The van der Waals surface area contributed by atoms with E-state index in [0.29, 0.717) is 22.9 Å². The number of hydrazone groups is 1. The molecule has 0 heterocycles. The van der Waals surface area contributed by atoms with Gasteiger partial charge in [0, 0.05) is 0 Å². The summed E-state index contributed by atoms with van der Waals surface area (Å²) >= 11 is 6.04. The highest BCUT2D eigenvalue weighted by Gasteiger charge is 2.30. The average Bonchev–Trinajstić information content (AvgIpc) is 2.50. The molecule has 0 radical (unpaired) electrons. The second kappa shape index (κ2) is 7.37. The maximum absolute atomic E-state index is 12.6. The Hall–Kier alpha value is -2.21. The fraction of sp³-hybridized carbons (Fsp3) is 0.188. The van der Waals surface area contributed by atoms with Crippen molar-refractivity contribution in [2.45, 2.75) is 13.1 Å². The Kier molecular flexibility index (Phi) is 5.50. The van der Waals surface area contributed by atoms with Crippen LogP contribution in [0.15, 0.2) is 47.6 Å². The monoisotopic (exact) mass is 342 g/mol. The third kappa shape index (κ3) is 4.89. The normalized spacial score (nSPS) is 11.7. The summed E-state index contributed by atoms with van der Waals surface area (Å²) in [6.07, 6.45) is -2.92. The molecule has 0 aliphatic rings. The number of benzene rings is 2. The summed E-state index contributed by atoms with van der Waals surface area (Å²) in [5.41, 5.74) is 2.76. The van der Waals surface area contributed by atoms with Gasteiger partial charge in [-0.25, -0.2) is 0 Å². The molecule has 0 fully saturated rings. The number of ether oxygens (including phenoxy) is 1. The van der Waals surface area contributed by atoms with E-state index in [4.69, 9.17) is 16.3 Å². The van der Waals surface area contributed by atoms with Gasteiger partial charge in [0.2, 0.25) is 0 Å². The van der Waals surface area contributed by atoms with Crippen LogP contribution in [0.1, 0.15) is 18.1 Å². The predicted octanol–water partition coefficient (Wildman–Crippen LogP) is 5.20. The lowest BCUT2D eigenvalue weighted by Gasteiger charge is -2.08. The van der Waals surface area contributed by atoms with Crippen molar-refractivity contribution in [1.29, 1.82) is 0 Å². The Balaban J connectivity index is 2.06. The van der Waals surface area contributed by atoms with Crippen LogP contribution in [0.5, 0.6) is 5.75 Å². The van der Waals surface area contributed by atoms with E-state index < -0.39 is 11.7 Å². The van der Waals surface area contributed by atoms with E-state index in [0.717, 1.165) is 12.1 Å². The molecule has 0 aliphatic carbocycles. The van der Waals surface area contributed by atoms with Crippen LogP contribution in [0.25, 0.3) is 0 Å². The largest absolute Gasteiger partial charge is 0.492 e. The van der Waals surface area contributed by atoms with E-state index in [1.54, 1.807) is 18.2 Å². The minimum absolute atomic E-state index is 0.244. The standard InChI is InChI=1S/C16H14ClF3N2O/c1-2-23-15-7-6-11(8-14(15)17)10-21-22-13-5-3-4-12(9-13)16(18,19)20/h3-10,22H,2H2,1H3. The van der Waals surface area contributed by atoms with Gasteiger partial charge in [-0.15, -0.1) is 0 Å². The van der Waals surface area contributed by atoms with Crippen LogP contribution in [0.2, 0.25) is 5.02 Å². The van der Waals surface area contributed by atoms with Crippen LogP contribution < -0.4 is 10.2 Å². The second-order valence-corrected chi connectivity index (χ2v) is 4.98. The number of nitrogens with zero attached hydrogens (tertiary/aromatic N) is 1. The number of alkyl halides is 3. The number of anilines is 1. The molecular formula is C16H14ClF3N2O. The van der Waals surface area contributed by atoms with E-state index >= 15 is 0 Å². The molecule has 7 heteroatoms. The van der Waals surface area contributed by atoms with Crippen molar-refractivity contribution in [2.24, 2.45) is 5.10 Å². The fourth-order valence-electron chi connectivity index (χ4n) is 1.82. The molecule has 1 N–H and O–H groups in total. The SMILES string of the molecule is CCOc1ccc(C=NNc2cccc(C(F)(F)F)c2)cc1Cl. The molecule has 0 spiro atoms. The smallest absolute Gasteiger partial charge is 0.416 e. The van der Waals surface area contributed by atoms with Gasteiger partial charge in [0.15, 0.2) is 0 Å². The summed E-state index contributed by atoms with van der Waals surface area (Å²) in [6.45, 7) is 2.36. The molecule has 3 nitrogen and oxygen atoms in total. The van der Waals surface area contributed by atoms with Gasteiger partial charge in [-0.3, -0.25) is 5.43 Å².